The summed E-state index contributed by atoms with van der Waals surface area (Å²) in [6.07, 6.45) is 9.00. The Morgan fingerprint density at radius 3 is 2.89 bits per heavy atom. The summed E-state index contributed by atoms with van der Waals surface area (Å²) in [5.74, 6) is 0.834. The molecular formula is C26H29ClFN5O2S. The van der Waals surface area contributed by atoms with Crippen LogP contribution in [-0.2, 0) is 17.8 Å². The summed E-state index contributed by atoms with van der Waals surface area (Å²) in [7, 11) is 0. The first-order valence-corrected chi connectivity index (χ1v) is 13.5. The number of benzene rings is 1. The van der Waals surface area contributed by atoms with Crippen LogP contribution in [0.5, 0.6) is 0 Å². The highest BCUT2D eigenvalue weighted by atomic mass is 35.5. The van der Waals surface area contributed by atoms with Gasteiger partial charge in [0.15, 0.2) is 0 Å². The third-order valence-electron chi connectivity index (χ3n) is 7.00. The molecule has 4 heterocycles. The normalized spacial score (nSPS) is 17.1. The molecule has 10 heteroatoms. The number of hydrogen-bond donors (Lipinski definition) is 2. The highest BCUT2D eigenvalue weighted by Crippen LogP contribution is 2.38. The van der Waals surface area contributed by atoms with Crippen LogP contribution >= 0.6 is 22.9 Å². The molecule has 190 valence electrons. The van der Waals surface area contributed by atoms with Crippen molar-refractivity contribution < 1.29 is 14.3 Å². The Kier molecular flexibility index (Phi) is 7.81. The molecule has 1 saturated heterocycles. The van der Waals surface area contributed by atoms with Crippen LogP contribution in [0, 0.1) is 11.7 Å². The van der Waals surface area contributed by atoms with Gasteiger partial charge in [0.2, 0.25) is 5.91 Å². The molecular weight excluding hydrogens is 501 g/mol. The van der Waals surface area contributed by atoms with Gasteiger partial charge in [-0.25, -0.2) is 14.4 Å². The Labute approximate surface area is 218 Å². The number of aromatic nitrogens is 2. The van der Waals surface area contributed by atoms with Gasteiger partial charge in [-0.1, -0.05) is 17.7 Å². The van der Waals surface area contributed by atoms with Crippen LogP contribution in [-0.4, -0.2) is 63.6 Å². The molecule has 2 aromatic heterocycles. The SMILES string of the molecule is O=C(C=CCN1CCC(CCO)CC1)N1CCc2c(sc3ncnc(Nc4ccc(F)c(Cl)c4)c23)C1. The molecule has 7 nitrogen and oxygen atoms in total. The van der Waals surface area contributed by atoms with Crippen molar-refractivity contribution >= 4 is 50.6 Å². The molecule has 2 aliphatic rings. The van der Waals surface area contributed by atoms with Crippen LogP contribution in [0.25, 0.3) is 10.2 Å². The molecule has 0 radical (unpaired) electrons. The fraction of sp³-hybridized carbons (Fsp3) is 0.423. The van der Waals surface area contributed by atoms with Crippen molar-refractivity contribution in [3.8, 4) is 0 Å². The maximum absolute atomic E-state index is 13.5. The maximum Gasteiger partial charge on any atom is 0.246 e. The molecule has 1 aromatic carbocycles. The Morgan fingerprint density at radius 2 is 2.11 bits per heavy atom. The number of hydrogen-bond acceptors (Lipinski definition) is 7. The number of rotatable bonds is 7. The monoisotopic (exact) mass is 529 g/mol. The van der Waals surface area contributed by atoms with Gasteiger partial charge in [-0.2, -0.15) is 0 Å². The van der Waals surface area contributed by atoms with Crippen molar-refractivity contribution in [3.63, 3.8) is 0 Å². The molecule has 1 fully saturated rings. The lowest BCUT2D eigenvalue weighted by Gasteiger charge is -2.31. The Hall–Kier alpha value is -2.59. The predicted octanol–water partition coefficient (Wildman–Crippen LogP) is 4.76. The number of fused-ring (bicyclic) bond motifs is 3. The minimum atomic E-state index is -0.468. The van der Waals surface area contributed by atoms with E-state index in [0.717, 1.165) is 66.0 Å². The van der Waals surface area contributed by atoms with E-state index in [2.05, 4.69) is 20.2 Å². The molecule has 0 atom stereocenters. The van der Waals surface area contributed by atoms with Crippen molar-refractivity contribution in [2.75, 3.05) is 38.1 Å². The highest BCUT2D eigenvalue weighted by Gasteiger charge is 2.26. The number of carbonyl (C=O) groups excluding carboxylic acids is 1. The average molecular weight is 530 g/mol. The van der Waals surface area contributed by atoms with Gasteiger partial charge in [-0.15, -0.1) is 11.3 Å². The summed E-state index contributed by atoms with van der Waals surface area (Å²) in [5.41, 5.74) is 1.81. The Balaban J connectivity index is 1.23. The third kappa shape index (κ3) is 5.54. The molecule has 5 rings (SSSR count). The quantitative estimate of drug-likeness (QED) is 0.429. The summed E-state index contributed by atoms with van der Waals surface area (Å²) in [6, 6.07) is 4.48. The van der Waals surface area contributed by atoms with Crippen molar-refractivity contribution in [2.24, 2.45) is 5.92 Å². The molecule has 36 heavy (non-hydrogen) atoms. The summed E-state index contributed by atoms with van der Waals surface area (Å²) in [6.45, 7) is 4.25. The lowest BCUT2D eigenvalue weighted by Crippen LogP contribution is -2.35. The average Bonchev–Trinajstić information content (AvgIpc) is 3.26. The Morgan fingerprint density at radius 1 is 1.28 bits per heavy atom. The van der Waals surface area contributed by atoms with E-state index >= 15 is 0 Å². The van der Waals surface area contributed by atoms with Crippen molar-refractivity contribution in [1.29, 1.82) is 0 Å². The van der Waals surface area contributed by atoms with E-state index in [1.54, 1.807) is 23.5 Å². The number of anilines is 2. The number of thiophene rings is 1. The lowest BCUT2D eigenvalue weighted by molar-refractivity contribution is -0.126. The summed E-state index contributed by atoms with van der Waals surface area (Å²) in [4.78, 5) is 28.0. The zero-order chi connectivity index (χ0) is 25.1. The Bertz CT molecular complexity index is 1270. The number of nitrogens with zero attached hydrogens (tertiary/aromatic N) is 4. The van der Waals surface area contributed by atoms with Gasteiger partial charge in [0.25, 0.3) is 0 Å². The number of carbonyl (C=O) groups is 1. The van der Waals surface area contributed by atoms with E-state index in [9.17, 15) is 9.18 Å². The van der Waals surface area contributed by atoms with Crippen LogP contribution in [0.4, 0.5) is 15.9 Å². The zero-order valence-electron chi connectivity index (χ0n) is 19.9. The number of halogens is 2. The predicted molar refractivity (Wildman–Crippen MR) is 141 cm³/mol. The minimum absolute atomic E-state index is 0.0265. The number of nitrogens with one attached hydrogen (secondary N) is 1. The molecule has 2 aliphatic heterocycles. The van der Waals surface area contributed by atoms with Crippen LogP contribution in [0.2, 0.25) is 5.02 Å². The first-order chi connectivity index (χ1) is 17.5. The topological polar surface area (TPSA) is 81.6 Å². The van der Waals surface area contributed by atoms with Gasteiger partial charge in [-0.3, -0.25) is 9.69 Å². The number of likely N-dealkylation sites (tertiary alicyclic amines) is 1. The van der Waals surface area contributed by atoms with Crippen LogP contribution in [0.1, 0.15) is 29.7 Å². The highest BCUT2D eigenvalue weighted by molar-refractivity contribution is 7.19. The van der Waals surface area contributed by atoms with Crippen molar-refractivity contribution in [3.05, 3.63) is 58.0 Å². The smallest absolute Gasteiger partial charge is 0.246 e. The van der Waals surface area contributed by atoms with Crippen LogP contribution in [0.3, 0.4) is 0 Å². The van der Waals surface area contributed by atoms with E-state index < -0.39 is 5.82 Å². The summed E-state index contributed by atoms with van der Waals surface area (Å²) in [5, 5.41) is 13.4. The molecule has 0 bridgehead atoms. The summed E-state index contributed by atoms with van der Waals surface area (Å²) < 4.78 is 13.5. The van der Waals surface area contributed by atoms with Gasteiger partial charge in [-0.05, 0) is 68.5 Å². The van der Waals surface area contributed by atoms with E-state index in [1.165, 1.54) is 18.5 Å². The van der Waals surface area contributed by atoms with Gasteiger partial charge in [0.05, 0.1) is 17.0 Å². The fourth-order valence-corrected chi connectivity index (χ4v) is 6.35. The molecule has 0 spiro atoms. The minimum Gasteiger partial charge on any atom is -0.396 e. The lowest BCUT2D eigenvalue weighted by atomic mass is 9.94. The summed E-state index contributed by atoms with van der Waals surface area (Å²) >= 11 is 7.52. The second-order valence-corrected chi connectivity index (χ2v) is 10.8. The van der Waals surface area contributed by atoms with Gasteiger partial charge >= 0.3 is 0 Å². The second-order valence-electron chi connectivity index (χ2n) is 9.33. The van der Waals surface area contributed by atoms with Gasteiger partial charge in [0, 0.05) is 36.3 Å². The molecule has 0 unspecified atom stereocenters. The molecule has 0 aliphatic carbocycles. The van der Waals surface area contributed by atoms with E-state index in [1.807, 2.05) is 11.0 Å². The number of piperidine rings is 1. The van der Waals surface area contributed by atoms with E-state index in [0.29, 0.717) is 30.5 Å². The number of amides is 1. The fourth-order valence-electron chi connectivity index (χ4n) is 4.97. The van der Waals surface area contributed by atoms with Gasteiger partial charge < -0.3 is 15.3 Å². The standard InChI is InChI=1S/C26H29ClFN5O2S/c27-20-14-18(3-4-21(20)28)31-25-24-19-7-12-33(15-22(19)36-26(24)30-16-29-25)23(35)2-1-9-32-10-5-17(6-11-32)8-13-34/h1-4,14,16-17,34H,5-13,15H2,(H,29,30,31). The van der Waals surface area contributed by atoms with E-state index in [4.69, 9.17) is 16.7 Å². The van der Waals surface area contributed by atoms with Crippen LogP contribution < -0.4 is 5.32 Å². The van der Waals surface area contributed by atoms with Crippen molar-refractivity contribution in [2.45, 2.75) is 32.2 Å². The van der Waals surface area contributed by atoms with Gasteiger partial charge in [0.1, 0.15) is 22.8 Å². The molecule has 2 N–H and O–H groups in total. The third-order valence-corrected chi connectivity index (χ3v) is 8.41. The molecule has 3 aromatic rings. The first kappa shape index (κ1) is 25.1. The number of aliphatic hydroxyl groups is 1. The largest absolute Gasteiger partial charge is 0.396 e. The van der Waals surface area contributed by atoms with Crippen molar-refractivity contribution in [1.82, 2.24) is 19.8 Å². The number of aliphatic hydroxyl groups excluding tert-OH is 1. The molecule has 0 saturated carbocycles. The zero-order valence-corrected chi connectivity index (χ0v) is 21.5. The molecule has 1 amide bonds. The maximum atomic E-state index is 13.5. The first-order valence-electron chi connectivity index (χ1n) is 12.3. The van der Waals surface area contributed by atoms with E-state index in [-0.39, 0.29) is 17.5 Å². The van der Waals surface area contributed by atoms with Crippen LogP contribution in [0.15, 0.2) is 36.7 Å². The second kappa shape index (κ2) is 11.2.